The van der Waals surface area contributed by atoms with Crippen molar-refractivity contribution < 1.29 is 9.53 Å². The quantitative estimate of drug-likeness (QED) is 0.618. The van der Waals surface area contributed by atoms with Crippen molar-refractivity contribution in [3.05, 3.63) is 0 Å². The van der Waals surface area contributed by atoms with Gasteiger partial charge in [0.25, 0.3) is 6.47 Å². The van der Waals surface area contributed by atoms with E-state index in [2.05, 4.69) is 34.6 Å². The fourth-order valence-corrected chi connectivity index (χ4v) is 6.17. The van der Waals surface area contributed by atoms with Crippen LogP contribution in [0.15, 0.2) is 0 Å². The highest BCUT2D eigenvalue weighted by Gasteiger charge is 2.56. The minimum absolute atomic E-state index is 0.0499. The van der Waals surface area contributed by atoms with E-state index in [1.165, 1.54) is 38.5 Å². The van der Waals surface area contributed by atoms with Crippen LogP contribution in [0.1, 0.15) is 86.5 Å². The van der Waals surface area contributed by atoms with Crippen LogP contribution in [0.4, 0.5) is 0 Å². The van der Waals surface area contributed by atoms with Crippen LogP contribution < -0.4 is 0 Å². The Bertz CT molecular complexity index is 399. The van der Waals surface area contributed by atoms with E-state index in [0.717, 1.165) is 18.3 Å². The van der Waals surface area contributed by atoms with Crippen LogP contribution in [0.3, 0.4) is 0 Å². The second kappa shape index (κ2) is 6.17. The van der Waals surface area contributed by atoms with Crippen LogP contribution in [0.2, 0.25) is 0 Å². The first kappa shape index (κ1) is 17.8. The van der Waals surface area contributed by atoms with Crippen LogP contribution >= 0.6 is 0 Å². The van der Waals surface area contributed by atoms with Gasteiger partial charge in [-0.15, -0.1) is 0 Å². The van der Waals surface area contributed by atoms with Gasteiger partial charge in [-0.2, -0.15) is 0 Å². The number of hydrogen-bond acceptors (Lipinski definition) is 2. The molecule has 2 nitrogen and oxygen atoms in total. The fourth-order valence-electron chi connectivity index (χ4n) is 6.17. The van der Waals surface area contributed by atoms with Crippen molar-refractivity contribution >= 4 is 6.47 Å². The van der Waals surface area contributed by atoms with Gasteiger partial charge in [0.2, 0.25) is 0 Å². The topological polar surface area (TPSA) is 26.3 Å². The lowest BCUT2D eigenvalue weighted by molar-refractivity contribution is -0.137. The van der Waals surface area contributed by atoms with Gasteiger partial charge in [0.05, 0.1) is 6.10 Å². The van der Waals surface area contributed by atoms with Crippen LogP contribution in [0, 0.1) is 28.1 Å². The molecule has 128 valence electrons. The zero-order chi connectivity index (χ0) is 16.6. The Balaban J connectivity index is 2.20. The molecule has 2 heteroatoms. The maximum absolute atomic E-state index is 10.5. The van der Waals surface area contributed by atoms with E-state index in [-0.39, 0.29) is 6.10 Å². The predicted octanol–water partition coefficient (Wildman–Crippen LogP) is 5.60. The number of carbonyl (C=O) groups excluding carboxylic acids is 1. The van der Waals surface area contributed by atoms with Crippen molar-refractivity contribution in [1.82, 2.24) is 0 Å². The minimum atomic E-state index is 0.0499. The van der Waals surface area contributed by atoms with Crippen molar-refractivity contribution in [3.8, 4) is 0 Å². The molecule has 22 heavy (non-hydrogen) atoms. The summed E-state index contributed by atoms with van der Waals surface area (Å²) in [5.41, 5.74) is 1.33. The summed E-state index contributed by atoms with van der Waals surface area (Å²) >= 11 is 0. The standard InChI is InChI=1S/C20H36O2/c1-15(22-14-21)8-9-16-19(4,5)13-10-17-18(2,3)11-7-12-20(16,17)6/h14-17H,7-13H2,1-6H3. The molecule has 0 aliphatic heterocycles. The zero-order valence-corrected chi connectivity index (χ0v) is 15.6. The Morgan fingerprint density at radius 2 is 1.77 bits per heavy atom. The van der Waals surface area contributed by atoms with Gasteiger partial charge in [0.15, 0.2) is 0 Å². The molecule has 2 saturated carbocycles. The van der Waals surface area contributed by atoms with Gasteiger partial charge in [-0.25, -0.2) is 0 Å². The molecule has 0 aromatic heterocycles. The van der Waals surface area contributed by atoms with E-state index in [0.29, 0.717) is 22.7 Å². The molecule has 0 aromatic carbocycles. The Kier molecular flexibility index (Phi) is 5.00. The highest BCUT2D eigenvalue weighted by molar-refractivity contribution is 5.37. The lowest BCUT2D eigenvalue weighted by atomic mass is 9.43. The molecule has 2 fully saturated rings. The number of rotatable bonds is 5. The van der Waals surface area contributed by atoms with Crippen molar-refractivity contribution in [2.45, 2.75) is 92.6 Å². The highest BCUT2D eigenvalue weighted by Crippen LogP contribution is 2.65. The van der Waals surface area contributed by atoms with Crippen molar-refractivity contribution in [2.75, 3.05) is 0 Å². The summed E-state index contributed by atoms with van der Waals surface area (Å²) in [4.78, 5) is 10.5. The van der Waals surface area contributed by atoms with Crippen LogP contribution in [0.25, 0.3) is 0 Å². The van der Waals surface area contributed by atoms with Crippen molar-refractivity contribution in [1.29, 1.82) is 0 Å². The van der Waals surface area contributed by atoms with E-state index < -0.39 is 0 Å². The van der Waals surface area contributed by atoms with Crippen LogP contribution in [-0.4, -0.2) is 12.6 Å². The monoisotopic (exact) mass is 308 g/mol. The van der Waals surface area contributed by atoms with Gasteiger partial charge in [-0.05, 0) is 73.5 Å². The molecule has 2 aliphatic rings. The summed E-state index contributed by atoms with van der Waals surface area (Å²) in [6.07, 6.45) is 9.07. The second-order valence-corrected chi connectivity index (χ2v) is 9.60. The largest absolute Gasteiger partial charge is 0.465 e. The van der Waals surface area contributed by atoms with Crippen LogP contribution in [-0.2, 0) is 9.53 Å². The maximum Gasteiger partial charge on any atom is 0.293 e. The van der Waals surface area contributed by atoms with E-state index in [4.69, 9.17) is 4.74 Å². The summed E-state index contributed by atoms with van der Waals surface area (Å²) in [5.74, 6) is 1.57. The molecular formula is C20H36O2. The molecular weight excluding hydrogens is 272 g/mol. The van der Waals surface area contributed by atoms with Gasteiger partial charge >= 0.3 is 0 Å². The average Bonchev–Trinajstić information content (AvgIpc) is 2.36. The third kappa shape index (κ3) is 3.21. The first-order valence-electron chi connectivity index (χ1n) is 9.22. The SMILES string of the molecule is CC(CCC1C(C)(C)CCC2C(C)(C)CCCC21C)OC=O. The molecule has 2 rings (SSSR count). The summed E-state index contributed by atoms with van der Waals surface area (Å²) in [6.45, 7) is 15.1. The third-order valence-corrected chi connectivity index (χ3v) is 7.24. The molecule has 0 saturated heterocycles. The molecule has 4 unspecified atom stereocenters. The lowest BCUT2D eigenvalue weighted by Crippen LogP contribution is -2.54. The van der Waals surface area contributed by atoms with Crippen LogP contribution in [0.5, 0.6) is 0 Å². The molecule has 0 radical (unpaired) electrons. The molecule has 2 aliphatic carbocycles. The average molecular weight is 309 g/mol. The Labute approximate surface area is 137 Å². The van der Waals surface area contributed by atoms with Gasteiger partial charge in [-0.1, -0.05) is 41.0 Å². The summed E-state index contributed by atoms with van der Waals surface area (Å²) < 4.78 is 5.13. The first-order valence-corrected chi connectivity index (χ1v) is 9.22. The summed E-state index contributed by atoms with van der Waals surface area (Å²) in [5, 5.41) is 0. The maximum atomic E-state index is 10.5. The third-order valence-electron chi connectivity index (χ3n) is 7.24. The second-order valence-electron chi connectivity index (χ2n) is 9.60. The Morgan fingerprint density at radius 3 is 2.41 bits per heavy atom. The van der Waals surface area contributed by atoms with Gasteiger partial charge in [0.1, 0.15) is 0 Å². The molecule has 0 aromatic rings. The predicted molar refractivity (Wildman–Crippen MR) is 91.6 cm³/mol. The number of fused-ring (bicyclic) bond motifs is 1. The van der Waals surface area contributed by atoms with Crippen molar-refractivity contribution in [3.63, 3.8) is 0 Å². The normalized spacial score (nSPS) is 37.9. The minimum Gasteiger partial charge on any atom is -0.465 e. The molecule has 0 heterocycles. The van der Waals surface area contributed by atoms with E-state index >= 15 is 0 Å². The Morgan fingerprint density at radius 1 is 1.09 bits per heavy atom. The highest BCUT2D eigenvalue weighted by atomic mass is 16.5. The van der Waals surface area contributed by atoms with Gasteiger partial charge < -0.3 is 4.74 Å². The van der Waals surface area contributed by atoms with E-state index in [9.17, 15) is 4.79 Å². The van der Waals surface area contributed by atoms with Crippen molar-refractivity contribution in [2.24, 2.45) is 28.1 Å². The zero-order valence-electron chi connectivity index (χ0n) is 15.6. The van der Waals surface area contributed by atoms with Gasteiger partial charge in [0, 0.05) is 0 Å². The summed E-state index contributed by atoms with van der Waals surface area (Å²) in [7, 11) is 0. The first-order chi connectivity index (χ1) is 10.1. The molecule has 0 bridgehead atoms. The molecule has 0 N–H and O–H groups in total. The molecule has 4 atom stereocenters. The lowest BCUT2D eigenvalue weighted by Gasteiger charge is -2.62. The smallest absolute Gasteiger partial charge is 0.293 e. The summed E-state index contributed by atoms with van der Waals surface area (Å²) in [6, 6.07) is 0. The molecule has 0 spiro atoms. The fraction of sp³-hybridized carbons (Fsp3) is 0.950. The van der Waals surface area contributed by atoms with E-state index in [1.54, 1.807) is 0 Å². The Hall–Kier alpha value is -0.530. The number of carbonyl (C=O) groups is 1. The van der Waals surface area contributed by atoms with Gasteiger partial charge in [-0.3, -0.25) is 4.79 Å². The molecule has 0 amide bonds. The van der Waals surface area contributed by atoms with E-state index in [1.807, 2.05) is 6.92 Å². The number of ether oxygens (including phenoxy) is 1. The number of hydrogen-bond donors (Lipinski definition) is 0.